The summed E-state index contributed by atoms with van der Waals surface area (Å²) < 4.78 is 21.0. The van der Waals surface area contributed by atoms with Crippen LogP contribution in [0.5, 0.6) is 0 Å². The molecule has 1 aliphatic carbocycles. The quantitative estimate of drug-likeness (QED) is 0.455. The fourth-order valence-corrected chi connectivity index (χ4v) is 1.61. The zero-order chi connectivity index (χ0) is 13.6. The van der Waals surface area contributed by atoms with Crippen LogP contribution in [0.15, 0.2) is 0 Å². The predicted octanol–water partition coefficient (Wildman–Crippen LogP) is 1.21. The first-order chi connectivity index (χ1) is 9.43. The Morgan fingerprint density at radius 1 is 0.789 bits per heavy atom. The third kappa shape index (κ3) is 12.6. The van der Waals surface area contributed by atoms with Crippen molar-refractivity contribution < 1.29 is 18.9 Å². The van der Waals surface area contributed by atoms with E-state index in [2.05, 4.69) is 5.32 Å². The summed E-state index contributed by atoms with van der Waals surface area (Å²) in [6.45, 7) is 5.80. The van der Waals surface area contributed by atoms with E-state index in [1.165, 1.54) is 19.3 Å². The summed E-state index contributed by atoms with van der Waals surface area (Å²) in [5.41, 5.74) is 0. The highest BCUT2D eigenvalue weighted by Crippen LogP contribution is 2.18. The molecule has 0 unspecified atom stereocenters. The van der Waals surface area contributed by atoms with Crippen molar-refractivity contribution in [1.82, 2.24) is 5.32 Å². The number of ether oxygens (including phenoxy) is 4. The van der Waals surface area contributed by atoms with Crippen LogP contribution in [0.3, 0.4) is 0 Å². The molecule has 1 aliphatic rings. The number of unbranched alkanes of at least 4 members (excludes halogenated alkanes) is 1. The topological polar surface area (TPSA) is 49.0 Å². The molecule has 1 rings (SSSR count). The van der Waals surface area contributed by atoms with Crippen molar-refractivity contribution in [3.05, 3.63) is 0 Å². The van der Waals surface area contributed by atoms with Gasteiger partial charge in [0, 0.05) is 19.8 Å². The van der Waals surface area contributed by atoms with Crippen LogP contribution in [-0.4, -0.2) is 65.9 Å². The highest BCUT2D eigenvalue weighted by molar-refractivity contribution is 4.80. The predicted molar refractivity (Wildman–Crippen MR) is 74.6 cm³/mol. The maximum Gasteiger partial charge on any atom is 0.0701 e. The smallest absolute Gasteiger partial charge is 0.0701 e. The van der Waals surface area contributed by atoms with Gasteiger partial charge in [0.1, 0.15) is 0 Å². The Kier molecular flexibility index (Phi) is 11.4. The van der Waals surface area contributed by atoms with Crippen LogP contribution in [0.4, 0.5) is 0 Å². The molecule has 114 valence electrons. The number of rotatable bonds is 15. The maximum atomic E-state index is 5.49. The molecular formula is C14H29NO4. The summed E-state index contributed by atoms with van der Waals surface area (Å²) >= 11 is 0. The van der Waals surface area contributed by atoms with Gasteiger partial charge < -0.3 is 24.3 Å². The van der Waals surface area contributed by atoms with E-state index in [0.717, 1.165) is 25.6 Å². The molecule has 0 amide bonds. The van der Waals surface area contributed by atoms with E-state index < -0.39 is 0 Å². The van der Waals surface area contributed by atoms with E-state index >= 15 is 0 Å². The van der Waals surface area contributed by atoms with E-state index in [4.69, 9.17) is 18.9 Å². The molecule has 0 bridgehead atoms. The van der Waals surface area contributed by atoms with Gasteiger partial charge in [0.2, 0.25) is 0 Å². The van der Waals surface area contributed by atoms with Crippen molar-refractivity contribution in [2.75, 3.05) is 59.9 Å². The van der Waals surface area contributed by atoms with E-state index in [9.17, 15) is 0 Å². The molecule has 1 saturated carbocycles. The fourth-order valence-electron chi connectivity index (χ4n) is 1.61. The largest absolute Gasteiger partial charge is 0.382 e. The van der Waals surface area contributed by atoms with Crippen molar-refractivity contribution in [2.24, 2.45) is 0 Å². The molecule has 5 nitrogen and oxygen atoms in total. The van der Waals surface area contributed by atoms with Gasteiger partial charge in [0.25, 0.3) is 0 Å². The van der Waals surface area contributed by atoms with Gasteiger partial charge in [-0.25, -0.2) is 0 Å². The van der Waals surface area contributed by atoms with Crippen LogP contribution in [0.25, 0.3) is 0 Å². The number of methoxy groups -OCH3 is 1. The Morgan fingerprint density at radius 2 is 1.37 bits per heavy atom. The second-order valence-electron chi connectivity index (χ2n) is 4.77. The normalized spacial score (nSPS) is 15.0. The minimum atomic E-state index is 0.621. The molecule has 5 heteroatoms. The first-order valence-corrected chi connectivity index (χ1v) is 7.39. The molecule has 0 heterocycles. The van der Waals surface area contributed by atoms with Crippen LogP contribution in [0, 0.1) is 0 Å². The van der Waals surface area contributed by atoms with Crippen LogP contribution < -0.4 is 5.32 Å². The highest BCUT2D eigenvalue weighted by atomic mass is 16.6. The van der Waals surface area contributed by atoms with Crippen molar-refractivity contribution >= 4 is 0 Å². The summed E-state index contributed by atoms with van der Waals surface area (Å²) in [7, 11) is 1.67. The lowest BCUT2D eigenvalue weighted by atomic mass is 10.3. The minimum absolute atomic E-state index is 0.621. The van der Waals surface area contributed by atoms with E-state index in [-0.39, 0.29) is 0 Å². The summed E-state index contributed by atoms with van der Waals surface area (Å²) in [5.74, 6) is 0. The van der Waals surface area contributed by atoms with Gasteiger partial charge in [-0.05, 0) is 32.2 Å². The van der Waals surface area contributed by atoms with E-state index in [1.54, 1.807) is 7.11 Å². The van der Waals surface area contributed by atoms with Gasteiger partial charge in [-0.2, -0.15) is 0 Å². The summed E-state index contributed by atoms with van der Waals surface area (Å²) in [6.07, 6.45) is 5.05. The molecule has 0 aromatic carbocycles. The molecule has 1 N–H and O–H groups in total. The van der Waals surface area contributed by atoms with Gasteiger partial charge in [0.05, 0.1) is 39.6 Å². The monoisotopic (exact) mass is 275 g/mol. The van der Waals surface area contributed by atoms with Crippen molar-refractivity contribution in [1.29, 1.82) is 0 Å². The van der Waals surface area contributed by atoms with E-state index in [0.29, 0.717) is 39.6 Å². The van der Waals surface area contributed by atoms with Crippen LogP contribution in [-0.2, 0) is 18.9 Å². The van der Waals surface area contributed by atoms with Crippen LogP contribution in [0.2, 0.25) is 0 Å². The standard InChI is InChI=1S/C14H29NO4/c1-16-8-9-18-12-13-19-11-10-17-7-3-2-6-15-14-4-5-14/h14-15H,2-13H2,1H3. The van der Waals surface area contributed by atoms with Gasteiger partial charge in [-0.3, -0.25) is 0 Å². The zero-order valence-corrected chi connectivity index (χ0v) is 12.2. The minimum Gasteiger partial charge on any atom is -0.382 e. The number of nitrogens with one attached hydrogen (secondary N) is 1. The Hall–Kier alpha value is -0.200. The maximum absolute atomic E-state index is 5.49. The Labute approximate surface area is 116 Å². The molecule has 0 atom stereocenters. The van der Waals surface area contributed by atoms with Gasteiger partial charge in [-0.1, -0.05) is 0 Å². The lowest BCUT2D eigenvalue weighted by Crippen LogP contribution is -2.18. The summed E-state index contributed by atoms with van der Waals surface area (Å²) in [4.78, 5) is 0. The number of hydrogen-bond donors (Lipinski definition) is 1. The molecule has 0 spiro atoms. The molecular weight excluding hydrogens is 246 g/mol. The fraction of sp³-hybridized carbons (Fsp3) is 1.00. The Balaban J connectivity index is 1.60. The average molecular weight is 275 g/mol. The Bertz CT molecular complexity index is 188. The molecule has 0 radical (unpaired) electrons. The summed E-state index contributed by atoms with van der Waals surface area (Å²) in [6, 6.07) is 0.820. The Morgan fingerprint density at radius 3 is 1.95 bits per heavy atom. The van der Waals surface area contributed by atoms with Gasteiger partial charge >= 0.3 is 0 Å². The second kappa shape index (κ2) is 12.8. The average Bonchev–Trinajstić information content (AvgIpc) is 3.23. The summed E-state index contributed by atoms with van der Waals surface area (Å²) in [5, 5.41) is 3.49. The van der Waals surface area contributed by atoms with Gasteiger partial charge in [-0.15, -0.1) is 0 Å². The lowest BCUT2D eigenvalue weighted by Gasteiger charge is -2.07. The lowest BCUT2D eigenvalue weighted by molar-refractivity contribution is 0.00329. The second-order valence-corrected chi connectivity index (χ2v) is 4.77. The third-order valence-corrected chi connectivity index (χ3v) is 2.90. The number of hydrogen-bond acceptors (Lipinski definition) is 5. The molecule has 19 heavy (non-hydrogen) atoms. The first kappa shape index (κ1) is 16.9. The van der Waals surface area contributed by atoms with Crippen LogP contribution in [0.1, 0.15) is 25.7 Å². The SMILES string of the molecule is COCCOCCOCCOCCCCNC1CC1. The molecule has 0 aliphatic heterocycles. The molecule has 0 saturated heterocycles. The first-order valence-electron chi connectivity index (χ1n) is 7.39. The van der Waals surface area contributed by atoms with E-state index in [1.807, 2.05) is 0 Å². The molecule has 0 aromatic heterocycles. The zero-order valence-electron chi connectivity index (χ0n) is 12.2. The van der Waals surface area contributed by atoms with Crippen molar-refractivity contribution in [3.63, 3.8) is 0 Å². The van der Waals surface area contributed by atoms with Crippen molar-refractivity contribution in [2.45, 2.75) is 31.7 Å². The van der Waals surface area contributed by atoms with Crippen molar-refractivity contribution in [3.8, 4) is 0 Å². The van der Waals surface area contributed by atoms with Crippen LogP contribution >= 0.6 is 0 Å². The highest BCUT2D eigenvalue weighted by Gasteiger charge is 2.19. The van der Waals surface area contributed by atoms with Gasteiger partial charge in [0.15, 0.2) is 0 Å². The molecule has 1 fully saturated rings. The third-order valence-electron chi connectivity index (χ3n) is 2.90. The molecule has 0 aromatic rings.